The van der Waals surface area contributed by atoms with Crippen molar-refractivity contribution in [2.24, 2.45) is 0 Å². The summed E-state index contributed by atoms with van der Waals surface area (Å²) in [6.07, 6.45) is 2.82. The lowest BCUT2D eigenvalue weighted by Gasteiger charge is -2.13. The van der Waals surface area contributed by atoms with E-state index in [4.69, 9.17) is 9.84 Å². The summed E-state index contributed by atoms with van der Waals surface area (Å²) >= 11 is 0. The van der Waals surface area contributed by atoms with E-state index >= 15 is 0 Å². The minimum absolute atomic E-state index is 0.0672. The van der Waals surface area contributed by atoms with Gasteiger partial charge in [-0.15, -0.1) is 0 Å². The van der Waals surface area contributed by atoms with Crippen molar-refractivity contribution in [2.45, 2.75) is 29.4 Å². The third-order valence-electron chi connectivity index (χ3n) is 3.37. The van der Waals surface area contributed by atoms with Crippen molar-refractivity contribution in [3.05, 3.63) is 29.3 Å². The van der Waals surface area contributed by atoms with Crippen LogP contribution in [0.25, 0.3) is 0 Å². The van der Waals surface area contributed by atoms with Crippen LogP contribution in [-0.4, -0.2) is 38.5 Å². The lowest BCUT2D eigenvalue weighted by molar-refractivity contribution is -0.137. The number of hydrogen-bond donors (Lipinski definition) is 1. The second-order valence-electron chi connectivity index (χ2n) is 4.61. The molecule has 0 saturated heterocycles. The molecular weight excluding hydrogens is 268 g/mol. The summed E-state index contributed by atoms with van der Waals surface area (Å²) < 4.78 is 29.3. The van der Waals surface area contributed by atoms with E-state index in [0.717, 1.165) is 30.4 Å². The van der Waals surface area contributed by atoms with Gasteiger partial charge in [-0.2, -0.15) is 0 Å². The summed E-state index contributed by atoms with van der Waals surface area (Å²) in [5.41, 5.74) is 2.15. The number of carboxylic acid groups (broad SMARTS) is 1. The average molecular weight is 284 g/mol. The van der Waals surface area contributed by atoms with Gasteiger partial charge in [0.2, 0.25) is 0 Å². The first-order valence-electron chi connectivity index (χ1n) is 6.04. The quantitative estimate of drug-likeness (QED) is 0.874. The van der Waals surface area contributed by atoms with Gasteiger partial charge in [0.15, 0.2) is 15.1 Å². The molecular formula is C13H16O5S. The Morgan fingerprint density at radius 1 is 1.37 bits per heavy atom. The number of hydrogen-bond acceptors (Lipinski definition) is 4. The first kappa shape index (κ1) is 14.0. The number of carboxylic acids is 1. The fraction of sp³-hybridized carbons (Fsp3) is 0.462. The molecule has 1 unspecified atom stereocenters. The Morgan fingerprint density at radius 3 is 2.68 bits per heavy atom. The number of fused-ring (bicyclic) bond motifs is 1. The fourth-order valence-electron chi connectivity index (χ4n) is 2.33. The van der Waals surface area contributed by atoms with E-state index in [9.17, 15) is 13.2 Å². The van der Waals surface area contributed by atoms with Crippen LogP contribution in [0.3, 0.4) is 0 Å². The number of carbonyl (C=O) groups is 1. The van der Waals surface area contributed by atoms with Gasteiger partial charge >= 0.3 is 5.97 Å². The largest absolute Gasteiger partial charge is 0.480 e. The number of benzene rings is 1. The minimum atomic E-state index is -3.91. The molecule has 1 aromatic carbocycles. The van der Waals surface area contributed by atoms with Crippen LogP contribution in [0.4, 0.5) is 0 Å². The summed E-state index contributed by atoms with van der Waals surface area (Å²) in [6.45, 7) is -0.352. The third-order valence-corrected chi connectivity index (χ3v) is 5.36. The molecule has 0 aromatic heterocycles. The van der Waals surface area contributed by atoms with E-state index in [2.05, 4.69) is 0 Å². The minimum Gasteiger partial charge on any atom is -0.480 e. The maximum atomic E-state index is 12.3. The molecule has 0 spiro atoms. The molecule has 1 aliphatic carbocycles. The normalized spacial score (nSPS) is 16.1. The van der Waals surface area contributed by atoms with Crippen LogP contribution in [0.2, 0.25) is 0 Å². The molecule has 0 bridgehead atoms. The van der Waals surface area contributed by atoms with E-state index in [1.54, 1.807) is 12.1 Å². The van der Waals surface area contributed by atoms with E-state index in [1.807, 2.05) is 0 Å². The topological polar surface area (TPSA) is 80.7 Å². The lowest BCUT2D eigenvalue weighted by Crippen LogP contribution is -2.34. The number of aliphatic carboxylic acids is 1. The molecule has 0 heterocycles. The Morgan fingerprint density at radius 2 is 2.05 bits per heavy atom. The van der Waals surface area contributed by atoms with Crippen LogP contribution in [-0.2, 0) is 32.2 Å². The Bertz CT molecular complexity index is 591. The van der Waals surface area contributed by atoms with Crippen LogP contribution >= 0.6 is 0 Å². The zero-order chi connectivity index (χ0) is 14.0. The number of rotatable bonds is 5. The predicted octanol–water partition coefficient (Wildman–Crippen LogP) is 1.05. The smallest absolute Gasteiger partial charge is 0.324 e. The number of aryl methyl sites for hydroxylation is 2. The van der Waals surface area contributed by atoms with E-state index in [1.165, 1.54) is 13.2 Å². The maximum Gasteiger partial charge on any atom is 0.324 e. The highest BCUT2D eigenvalue weighted by atomic mass is 32.2. The monoisotopic (exact) mass is 284 g/mol. The summed E-state index contributed by atoms with van der Waals surface area (Å²) in [5, 5.41) is 7.48. The molecule has 0 fully saturated rings. The maximum absolute atomic E-state index is 12.3. The molecule has 2 rings (SSSR count). The van der Waals surface area contributed by atoms with Gasteiger partial charge in [-0.3, -0.25) is 4.79 Å². The number of sulfone groups is 1. The third kappa shape index (κ3) is 2.64. The Labute approximate surface area is 112 Å². The van der Waals surface area contributed by atoms with Crippen molar-refractivity contribution in [1.82, 2.24) is 0 Å². The van der Waals surface area contributed by atoms with E-state index < -0.39 is 21.1 Å². The van der Waals surface area contributed by atoms with Crippen molar-refractivity contribution in [3.8, 4) is 0 Å². The van der Waals surface area contributed by atoms with Gasteiger partial charge in [0.1, 0.15) is 0 Å². The standard InChI is InChI=1S/C13H16O5S/c1-18-8-12(13(14)15)19(16,17)11-6-5-9-3-2-4-10(9)7-11/h5-7,12H,2-4,8H2,1H3,(H,14,15). The molecule has 0 radical (unpaired) electrons. The van der Waals surface area contributed by atoms with Gasteiger partial charge < -0.3 is 9.84 Å². The first-order chi connectivity index (χ1) is 8.96. The summed E-state index contributed by atoms with van der Waals surface area (Å²) in [7, 11) is -2.62. The highest BCUT2D eigenvalue weighted by molar-refractivity contribution is 7.92. The molecule has 1 aliphatic rings. The summed E-state index contributed by atoms with van der Waals surface area (Å²) in [5.74, 6) is -1.39. The van der Waals surface area contributed by atoms with Gasteiger partial charge in [-0.25, -0.2) is 8.42 Å². The highest BCUT2D eigenvalue weighted by Crippen LogP contribution is 2.26. The highest BCUT2D eigenvalue weighted by Gasteiger charge is 2.34. The molecule has 1 atom stereocenters. The van der Waals surface area contributed by atoms with Crippen molar-refractivity contribution in [3.63, 3.8) is 0 Å². The predicted molar refractivity (Wildman–Crippen MR) is 69.0 cm³/mol. The van der Waals surface area contributed by atoms with Crippen LogP contribution in [0.5, 0.6) is 0 Å². The molecule has 1 N–H and O–H groups in total. The molecule has 0 saturated carbocycles. The molecule has 19 heavy (non-hydrogen) atoms. The lowest BCUT2D eigenvalue weighted by atomic mass is 10.1. The van der Waals surface area contributed by atoms with Crippen molar-refractivity contribution in [2.75, 3.05) is 13.7 Å². The van der Waals surface area contributed by atoms with Crippen LogP contribution in [0.15, 0.2) is 23.1 Å². The van der Waals surface area contributed by atoms with Crippen molar-refractivity contribution >= 4 is 15.8 Å². The molecule has 1 aromatic rings. The molecule has 5 nitrogen and oxygen atoms in total. The number of ether oxygens (including phenoxy) is 1. The zero-order valence-electron chi connectivity index (χ0n) is 10.6. The van der Waals surface area contributed by atoms with Crippen molar-refractivity contribution in [1.29, 1.82) is 0 Å². The Balaban J connectivity index is 2.41. The van der Waals surface area contributed by atoms with Gasteiger partial charge in [0.25, 0.3) is 0 Å². The number of methoxy groups -OCH3 is 1. The fourth-order valence-corrected chi connectivity index (χ4v) is 3.81. The average Bonchev–Trinajstić information content (AvgIpc) is 2.82. The summed E-state index contributed by atoms with van der Waals surface area (Å²) in [6, 6.07) is 4.87. The second-order valence-corrected chi connectivity index (χ2v) is 6.74. The van der Waals surface area contributed by atoms with E-state index in [-0.39, 0.29) is 11.5 Å². The Hall–Kier alpha value is -1.40. The van der Waals surface area contributed by atoms with Gasteiger partial charge in [-0.1, -0.05) is 6.07 Å². The van der Waals surface area contributed by atoms with Crippen LogP contribution in [0, 0.1) is 0 Å². The first-order valence-corrected chi connectivity index (χ1v) is 7.59. The molecule has 0 aliphatic heterocycles. The van der Waals surface area contributed by atoms with Crippen molar-refractivity contribution < 1.29 is 23.1 Å². The van der Waals surface area contributed by atoms with Crippen LogP contribution < -0.4 is 0 Å². The molecule has 104 valence electrons. The Kier molecular flexibility index (Phi) is 3.91. The van der Waals surface area contributed by atoms with Crippen LogP contribution in [0.1, 0.15) is 17.5 Å². The molecule has 0 amide bonds. The van der Waals surface area contributed by atoms with Gasteiger partial charge in [0, 0.05) is 7.11 Å². The second kappa shape index (κ2) is 5.30. The van der Waals surface area contributed by atoms with Gasteiger partial charge in [-0.05, 0) is 42.5 Å². The summed E-state index contributed by atoms with van der Waals surface area (Å²) in [4.78, 5) is 11.2. The van der Waals surface area contributed by atoms with E-state index in [0.29, 0.717) is 0 Å². The molecule has 6 heteroatoms. The van der Waals surface area contributed by atoms with Gasteiger partial charge in [0.05, 0.1) is 11.5 Å². The zero-order valence-corrected chi connectivity index (χ0v) is 11.4. The SMILES string of the molecule is COCC(C(=O)O)S(=O)(=O)c1ccc2c(c1)CCC2.